The first-order valence-electron chi connectivity index (χ1n) is 10.5. The molecule has 2 atom stereocenters. The van der Waals surface area contributed by atoms with Gasteiger partial charge >= 0.3 is 0 Å². The number of hydrogen-bond donors (Lipinski definition) is 4. The molecule has 0 aliphatic carbocycles. The molecule has 176 valence electrons. The lowest BCUT2D eigenvalue weighted by atomic mass is 10.0. The molecular formula is C22H22N6O5S. The lowest BCUT2D eigenvalue weighted by Gasteiger charge is -2.34. The van der Waals surface area contributed by atoms with Crippen LogP contribution in [0.25, 0.3) is 21.0 Å². The molecule has 0 saturated carbocycles. The zero-order valence-electron chi connectivity index (χ0n) is 18.3. The maximum Gasteiger partial charge on any atom is 0.282 e. The van der Waals surface area contributed by atoms with Crippen LogP contribution < -0.4 is 16.2 Å². The number of carbonyl (C=O) groups is 1. The fourth-order valence-corrected chi connectivity index (χ4v) is 4.78. The molecule has 11 nitrogen and oxygen atoms in total. The largest absolute Gasteiger partial charge is 0.384 e. The van der Waals surface area contributed by atoms with Crippen molar-refractivity contribution < 1.29 is 19.7 Å². The number of hydrogen-bond acceptors (Lipinski definition) is 10. The maximum atomic E-state index is 13.2. The van der Waals surface area contributed by atoms with E-state index >= 15 is 0 Å². The van der Waals surface area contributed by atoms with Crippen molar-refractivity contribution in [3.8, 4) is 0 Å². The van der Waals surface area contributed by atoms with Crippen molar-refractivity contribution in [2.75, 3.05) is 23.8 Å². The van der Waals surface area contributed by atoms with Crippen LogP contribution in [-0.4, -0.2) is 54.7 Å². The second kappa shape index (κ2) is 8.09. The van der Waals surface area contributed by atoms with Gasteiger partial charge in [0.15, 0.2) is 6.10 Å². The van der Waals surface area contributed by atoms with Crippen LogP contribution >= 0.6 is 11.5 Å². The number of aromatic amines is 1. The van der Waals surface area contributed by atoms with E-state index in [1.54, 1.807) is 44.2 Å². The summed E-state index contributed by atoms with van der Waals surface area (Å²) in [5, 5.41) is 22.2. The highest BCUT2D eigenvalue weighted by Gasteiger charge is 2.38. The zero-order chi connectivity index (χ0) is 24.2. The maximum absolute atomic E-state index is 13.2. The molecule has 4 heterocycles. The number of aliphatic hydroxyl groups is 2. The number of morpholine rings is 1. The third kappa shape index (κ3) is 3.70. The van der Waals surface area contributed by atoms with Crippen LogP contribution in [0.2, 0.25) is 0 Å². The van der Waals surface area contributed by atoms with Gasteiger partial charge in [0.05, 0.1) is 34.4 Å². The average molecular weight is 483 g/mol. The molecule has 1 unspecified atom stereocenters. The van der Waals surface area contributed by atoms with Gasteiger partial charge in [-0.1, -0.05) is 6.07 Å². The second-order valence-electron chi connectivity index (χ2n) is 8.53. The van der Waals surface area contributed by atoms with Gasteiger partial charge in [0.25, 0.3) is 11.5 Å². The first kappa shape index (κ1) is 22.3. The molecule has 5 rings (SSSR count). The van der Waals surface area contributed by atoms with Crippen molar-refractivity contribution in [1.29, 1.82) is 0 Å². The number of nitrogens with two attached hydrogens (primary N) is 1. The third-order valence-electron chi connectivity index (χ3n) is 5.69. The monoisotopic (exact) mass is 482 g/mol. The molecule has 1 aliphatic heterocycles. The van der Waals surface area contributed by atoms with E-state index in [1.165, 1.54) is 4.90 Å². The van der Waals surface area contributed by atoms with E-state index in [2.05, 4.69) is 19.3 Å². The SMILES string of the molecule is CC(C)(O)c1cccc(N2CCO[C@H](C(O)c3nc(=O)c4c(ccc5c(N)nsc54)[nH]3)C2=O)n1. The van der Waals surface area contributed by atoms with Gasteiger partial charge in [-0.05, 0) is 49.6 Å². The van der Waals surface area contributed by atoms with Crippen LogP contribution in [0, 0.1) is 0 Å². The first-order chi connectivity index (χ1) is 16.1. The number of fused-ring (bicyclic) bond motifs is 3. The summed E-state index contributed by atoms with van der Waals surface area (Å²) in [6.07, 6.45) is -2.82. The lowest BCUT2D eigenvalue weighted by molar-refractivity contribution is -0.143. The molecule has 1 fully saturated rings. The van der Waals surface area contributed by atoms with E-state index in [4.69, 9.17) is 10.5 Å². The summed E-state index contributed by atoms with van der Waals surface area (Å²) in [6.45, 7) is 3.56. The average Bonchev–Trinajstić information content (AvgIpc) is 3.18. The Morgan fingerprint density at radius 1 is 1.26 bits per heavy atom. The summed E-state index contributed by atoms with van der Waals surface area (Å²) in [6, 6.07) is 8.39. The molecular weight excluding hydrogens is 460 g/mol. The van der Waals surface area contributed by atoms with Gasteiger partial charge in [-0.2, -0.15) is 9.36 Å². The van der Waals surface area contributed by atoms with Crippen LogP contribution in [0.3, 0.4) is 0 Å². The number of H-pyrrole nitrogens is 1. The Bertz CT molecular complexity index is 1480. The van der Waals surface area contributed by atoms with E-state index in [0.29, 0.717) is 38.3 Å². The number of nitrogens with one attached hydrogen (secondary N) is 1. The van der Waals surface area contributed by atoms with Crippen molar-refractivity contribution in [3.05, 3.63) is 52.2 Å². The topological polar surface area (TPSA) is 168 Å². The number of carbonyl (C=O) groups excluding carboxylic acids is 1. The lowest BCUT2D eigenvalue weighted by Crippen LogP contribution is -2.51. The number of pyridine rings is 1. The van der Waals surface area contributed by atoms with E-state index in [-0.39, 0.29) is 19.0 Å². The van der Waals surface area contributed by atoms with Gasteiger partial charge in [-0.25, -0.2) is 4.98 Å². The Balaban J connectivity index is 1.49. The fraction of sp³-hybridized carbons (Fsp3) is 0.318. The third-order valence-corrected chi connectivity index (χ3v) is 6.59. The van der Waals surface area contributed by atoms with Gasteiger partial charge in [0.2, 0.25) is 0 Å². The Hall–Kier alpha value is -3.45. The highest BCUT2D eigenvalue weighted by molar-refractivity contribution is 7.14. The Morgan fingerprint density at radius 2 is 2.06 bits per heavy atom. The number of nitrogen functional groups attached to an aromatic ring is 1. The summed E-state index contributed by atoms with van der Waals surface area (Å²) >= 11 is 1.09. The van der Waals surface area contributed by atoms with Crippen LogP contribution in [0.15, 0.2) is 35.1 Å². The molecule has 34 heavy (non-hydrogen) atoms. The second-order valence-corrected chi connectivity index (χ2v) is 9.30. The van der Waals surface area contributed by atoms with Crippen molar-refractivity contribution in [2.24, 2.45) is 0 Å². The highest BCUT2D eigenvalue weighted by atomic mass is 32.1. The van der Waals surface area contributed by atoms with E-state index in [0.717, 1.165) is 11.5 Å². The van der Waals surface area contributed by atoms with Crippen LogP contribution in [0.1, 0.15) is 31.5 Å². The number of benzene rings is 1. The highest BCUT2D eigenvalue weighted by Crippen LogP contribution is 2.31. The molecule has 1 saturated heterocycles. The molecule has 0 radical (unpaired) electrons. The number of aliphatic hydroxyl groups excluding tert-OH is 1. The molecule has 0 bridgehead atoms. The van der Waals surface area contributed by atoms with Crippen LogP contribution in [0.5, 0.6) is 0 Å². The minimum Gasteiger partial charge on any atom is -0.384 e. The van der Waals surface area contributed by atoms with Crippen molar-refractivity contribution in [2.45, 2.75) is 31.7 Å². The number of ether oxygens (including phenoxy) is 1. The molecule has 3 aromatic heterocycles. The van der Waals surface area contributed by atoms with Gasteiger partial charge in [0.1, 0.15) is 29.2 Å². The van der Waals surface area contributed by atoms with Gasteiger partial charge in [-0.15, -0.1) is 0 Å². The number of rotatable bonds is 4. The smallest absolute Gasteiger partial charge is 0.282 e. The normalized spacial score (nSPS) is 18.1. The molecule has 0 spiro atoms. The first-order valence-corrected chi connectivity index (χ1v) is 11.3. The molecule has 4 aromatic rings. The van der Waals surface area contributed by atoms with Crippen molar-refractivity contribution >= 4 is 50.1 Å². The molecule has 5 N–H and O–H groups in total. The van der Waals surface area contributed by atoms with Crippen molar-refractivity contribution in [1.82, 2.24) is 19.3 Å². The van der Waals surface area contributed by atoms with Gasteiger partial charge < -0.3 is 25.7 Å². The summed E-state index contributed by atoms with van der Waals surface area (Å²) in [5.74, 6) is 0.0320. The Labute approximate surface area is 197 Å². The minimum absolute atomic E-state index is 0.0901. The molecule has 12 heteroatoms. The van der Waals surface area contributed by atoms with E-state index < -0.39 is 29.3 Å². The van der Waals surface area contributed by atoms with E-state index in [9.17, 15) is 19.8 Å². The van der Waals surface area contributed by atoms with E-state index in [1.807, 2.05) is 0 Å². The summed E-state index contributed by atoms with van der Waals surface area (Å²) in [5.41, 5.74) is 4.93. The molecule has 1 amide bonds. The fourth-order valence-electron chi connectivity index (χ4n) is 3.93. The molecule has 1 aliphatic rings. The summed E-state index contributed by atoms with van der Waals surface area (Å²) < 4.78 is 10.3. The quantitative estimate of drug-likeness (QED) is 0.334. The zero-order valence-corrected chi connectivity index (χ0v) is 19.2. The van der Waals surface area contributed by atoms with Crippen LogP contribution in [-0.2, 0) is 15.1 Å². The van der Waals surface area contributed by atoms with Crippen molar-refractivity contribution in [3.63, 3.8) is 0 Å². The Kier molecular flexibility index (Phi) is 5.32. The predicted molar refractivity (Wildman–Crippen MR) is 126 cm³/mol. The van der Waals surface area contributed by atoms with Crippen LogP contribution in [0.4, 0.5) is 11.6 Å². The number of anilines is 2. The molecule has 1 aromatic carbocycles. The Morgan fingerprint density at radius 3 is 2.82 bits per heavy atom. The summed E-state index contributed by atoms with van der Waals surface area (Å²) in [4.78, 5) is 38.8. The minimum atomic E-state index is -1.52. The number of amides is 1. The standard InChI is InChI=1S/C22H22N6O5S/c1-22(2,32)12-4-3-5-13(25-12)28-8-9-33-16(21(28)31)15(29)19-24-11-7-6-10-17(34-27-18(10)23)14(11)20(30)26-19/h3-7,15-16,29,32H,8-9H2,1-2H3,(H2,23,27)(H,24,26,30)/t15?,16-/m1/s1. The number of aromatic nitrogens is 4. The van der Waals surface area contributed by atoms with Gasteiger partial charge in [0, 0.05) is 5.39 Å². The van der Waals surface area contributed by atoms with Gasteiger partial charge in [-0.3, -0.25) is 14.5 Å². The predicted octanol–water partition coefficient (Wildman–Crippen LogP) is 1.20. The number of nitrogens with zero attached hydrogens (tertiary/aromatic N) is 4. The summed E-state index contributed by atoms with van der Waals surface area (Å²) in [7, 11) is 0.